The first kappa shape index (κ1) is 11.7. The van der Waals surface area contributed by atoms with E-state index >= 15 is 0 Å². The van der Waals surface area contributed by atoms with Crippen LogP contribution in [0.3, 0.4) is 0 Å². The third kappa shape index (κ3) is 1.76. The second-order valence-electron chi connectivity index (χ2n) is 4.46. The van der Waals surface area contributed by atoms with E-state index in [9.17, 15) is 9.59 Å². The van der Waals surface area contributed by atoms with Crippen molar-refractivity contribution < 1.29 is 14.3 Å². The Morgan fingerprint density at radius 3 is 2.68 bits per heavy atom. The van der Waals surface area contributed by atoms with Gasteiger partial charge >= 0.3 is 5.97 Å². The summed E-state index contributed by atoms with van der Waals surface area (Å²) in [4.78, 5) is 25.2. The van der Waals surface area contributed by atoms with Gasteiger partial charge in [0, 0.05) is 17.5 Å². The van der Waals surface area contributed by atoms with Crippen molar-refractivity contribution in [3.8, 4) is 0 Å². The molecular weight excluding hydrogens is 242 g/mol. The summed E-state index contributed by atoms with van der Waals surface area (Å²) >= 11 is 0. The maximum Gasteiger partial charge on any atom is 0.307 e. The van der Waals surface area contributed by atoms with Crippen molar-refractivity contribution in [3.63, 3.8) is 0 Å². The predicted octanol–water partition coefficient (Wildman–Crippen LogP) is 2.36. The van der Waals surface area contributed by atoms with Crippen LogP contribution >= 0.6 is 0 Å². The number of carbonyl (C=O) groups excluding carboxylic acids is 2. The second-order valence-corrected chi connectivity index (χ2v) is 4.46. The molecule has 2 aromatic rings. The summed E-state index contributed by atoms with van der Waals surface area (Å²) in [6.07, 6.45) is 0.201. The largest absolute Gasteiger partial charge is 0.469 e. The number of hydrogen-bond acceptors (Lipinski definition) is 3. The summed E-state index contributed by atoms with van der Waals surface area (Å²) in [5, 5.41) is 2.02. The SMILES string of the molecule is COC(=O)CCN1C(=O)c2cccc3cccc1c23. The van der Waals surface area contributed by atoms with E-state index < -0.39 is 0 Å². The van der Waals surface area contributed by atoms with E-state index in [1.165, 1.54) is 7.11 Å². The van der Waals surface area contributed by atoms with Crippen LogP contribution in [0, 0.1) is 0 Å². The van der Waals surface area contributed by atoms with Crippen LogP contribution in [-0.2, 0) is 9.53 Å². The number of amides is 1. The summed E-state index contributed by atoms with van der Waals surface area (Å²) in [6.45, 7) is 0.347. The lowest BCUT2D eigenvalue weighted by atomic mass is 10.1. The molecule has 1 aliphatic rings. The lowest BCUT2D eigenvalue weighted by molar-refractivity contribution is -0.140. The third-order valence-corrected chi connectivity index (χ3v) is 3.42. The van der Waals surface area contributed by atoms with Crippen molar-refractivity contribution in [1.29, 1.82) is 0 Å². The first-order valence-electron chi connectivity index (χ1n) is 6.13. The first-order valence-corrected chi connectivity index (χ1v) is 6.13. The molecule has 1 amide bonds. The molecule has 0 unspecified atom stereocenters. The highest BCUT2D eigenvalue weighted by Gasteiger charge is 2.29. The minimum atomic E-state index is -0.309. The predicted molar refractivity (Wildman–Crippen MR) is 72.3 cm³/mol. The van der Waals surface area contributed by atoms with Crippen molar-refractivity contribution in [2.45, 2.75) is 6.42 Å². The molecule has 2 aromatic carbocycles. The van der Waals surface area contributed by atoms with Gasteiger partial charge in [0.25, 0.3) is 5.91 Å². The summed E-state index contributed by atoms with van der Waals surface area (Å²) in [5.74, 6) is -0.355. The molecule has 0 bridgehead atoms. The molecule has 19 heavy (non-hydrogen) atoms. The zero-order valence-electron chi connectivity index (χ0n) is 10.6. The molecule has 0 N–H and O–H groups in total. The van der Waals surface area contributed by atoms with Crippen LogP contribution in [0.15, 0.2) is 36.4 Å². The van der Waals surface area contributed by atoms with Gasteiger partial charge in [-0.1, -0.05) is 24.3 Å². The summed E-state index contributed by atoms with van der Waals surface area (Å²) in [6, 6.07) is 11.5. The van der Waals surface area contributed by atoms with Gasteiger partial charge in [0.2, 0.25) is 0 Å². The van der Waals surface area contributed by atoms with E-state index in [1.807, 2.05) is 36.4 Å². The van der Waals surface area contributed by atoms with E-state index in [2.05, 4.69) is 4.74 Å². The van der Waals surface area contributed by atoms with Crippen LogP contribution in [0.25, 0.3) is 10.8 Å². The lowest BCUT2D eigenvalue weighted by Crippen LogP contribution is -2.29. The summed E-state index contributed by atoms with van der Waals surface area (Å²) in [7, 11) is 1.35. The minimum absolute atomic E-state index is 0.0456. The molecule has 0 radical (unpaired) electrons. The topological polar surface area (TPSA) is 46.6 Å². The fraction of sp³-hybridized carbons (Fsp3) is 0.200. The number of nitrogens with zero attached hydrogens (tertiary/aromatic N) is 1. The Labute approximate surface area is 110 Å². The third-order valence-electron chi connectivity index (χ3n) is 3.42. The maximum atomic E-state index is 12.4. The summed E-state index contributed by atoms with van der Waals surface area (Å²) < 4.78 is 4.62. The van der Waals surface area contributed by atoms with Gasteiger partial charge in [-0.15, -0.1) is 0 Å². The highest BCUT2D eigenvalue weighted by molar-refractivity contribution is 6.25. The van der Waals surface area contributed by atoms with Crippen molar-refractivity contribution in [3.05, 3.63) is 42.0 Å². The molecule has 0 fully saturated rings. The lowest BCUT2D eigenvalue weighted by Gasteiger charge is -2.16. The van der Waals surface area contributed by atoms with Gasteiger partial charge in [-0.05, 0) is 17.5 Å². The van der Waals surface area contributed by atoms with E-state index in [0.717, 1.165) is 16.5 Å². The van der Waals surface area contributed by atoms with Gasteiger partial charge in [-0.2, -0.15) is 0 Å². The van der Waals surface area contributed by atoms with Crippen LogP contribution < -0.4 is 4.90 Å². The van der Waals surface area contributed by atoms with Crippen LogP contribution in [-0.4, -0.2) is 25.5 Å². The molecule has 0 atom stereocenters. The Hall–Kier alpha value is -2.36. The van der Waals surface area contributed by atoms with Gasteiger partial charge < -0.3 is 9.64 Å². The fourth-order valence-electron chi connectivity index (χ4n) is 2.51. The van der Waals surface area contributed by atoms with Crippen LogP contribution in [0.1, 0.15) is 16.8 Å². The normalized spacial score (nSPS) is 13.1. The molecule has 3 rings (SSSR count). The number of rotatable bonds is 3. The zero-order chi connectivity index (χ0) is 13.4. The standard InChI is InChI=1S/C15H13NO3/c1-19-13(17)8-9-16-12-7-3-5-10-4-2-6-11(14(10)12)15(16)18/h2-7H,8-9H2,1H3. The number of benzene rings is 2. The van der Waals surface area contributed by atoms with Gasteiger partial charge in [0.15, 0.2) is 0 Å². The van der Waals surface area contributed by atoms with Gasteiger partial charge in [0.1, 0.15) is 0 Å². The smallest absolute Gasteiger partial charge is 0.307 e. The quantitative estimate of drug-likeness (QED) is 0.791. The van der Waals surface area contributed by atoms with E-state index in [1.54, 1.807) is 4.90 Å². The van der Waals surface area contributed by atoms with E-state index in [-0.39, 0.29) is 18.3 Å². The molecular formula is C15H13NO3. The van der Waals surface area contributed by atoms with Crippen molar-refractivity contribution in [2.75, 3.05) is 18.6 Å². The Balaban J connectivity index is 2.01. The molecule has 4 heteroatoms. The van der Waals surface area contributed by atoms with E-state index in [0.29, 0.717) is 12.1 Å². The van der Waals surface area contributed by atoms with Crippen molar-refractivity contribution in [1.82, 2.24) is 0 Å². The molecule has 1 aliphatic heterocycles. The first-order chi connectivity index (χ1) is 9.22. The minimum Gasteiger partial charge on any atom is -0.469 e. The monoisotopic (exact) mass is 255 g/mol. The van der Waals surface area contributed by atoms with Crippen molar-refractivity contribution in [2.24, 2.45) is 0 Å². The molecule has 1 heterocycles. The van der Waals surface area contributed by atoms with Crippen LogP contribution in [0.2, 0.25) is 0 Å². The Morgan fingerprint density at radius 1 is 1.21 bits per heavy atom. The number of ether oxygens (including phenoxy) is 1. The van der Waals surface area contributed by atoms with Crippen LogP contribution in [0.5, 0.6) is 0 Å². The molecule has 0 spiro atoms. The maximum absolute atomic E-state index is 12.4. The highest BCUT2D eigenvalue weighted by Crippen LogP contribution is 2.37. The molecule has 96 valence electrons. The second kappa shape index (κ2) is 4.39. The number of methoxy groups -OCH3 is 1. The average molecular weight is 255 g/mol. The Kier molecular flexibility index (Phi) is 2.71. The van der Waals surface area contributed by atoms with Gasteiger partial charge in [0.05, 0.1) is 19.2 Å². The number of hydrogen-bond donors (Lipinski definition) is 0. The number of anilines is 1. The zero-order valence-corrected chi connectivity index (χ0v) is 10.6. The van der Waals surface area contributed by atoms with E-state index in [4.69, 9.17) is 0 Å². The summed E-state index contributed by atoms with van der Waals surface area (Å²) in [5.41, 5.74) is 1.58. The number of esters is 1. The van der Waals surface area contributed by atoms with Crippen molar-refractivity contribution >= 4 is 28.3 Å². The molecule has 0 saturated heterocycles. The van der Waals surface area contributed by atoms with Gasteiger partial charge in [-0.3, -0.25) is 9.59 Å². The molecule has 0 saturated carbocycles. The Morgan fingerprint density at radius 2 is 1.95 bits per heavy atom. The number of carbonyl (C=O) groups is 2. The average Bonchev–Trinajstić information content (AvgIpc) is 2.72. The fourth-order valence-corrected chi connectivity index (χ4v) is 2.51. The highest BCUT2D eigenvalue weighted by atomic mass is 16.5. The molecule has 0 aliphatic carbocycles. The van der Waals surface area contributed by atoms with Gasteiger partial charge in [-0.25, -0.2) is 0 Å². The molecule has 0 aromatic heterocycles. The molecule has 4 nitrogen and oxygen atoms in total. The Bertz CT molecular complexity index is 673. The van der Waals surface area contributed by atoms with Crippen LogP contribution in [0.4, 0.5) is 5.69 Å².